The van der Waals surface area contributed by atoms with Gasteiger partial charge in [0.15, 0.2) is 0 Å². The van der Waals surface area contributed by atoms with Crippen LogP contribution in [0.5, 0.6) is 0 Å². The van der Waals surface area contributed by atoms with Crippen LogP contribution in [0.3, 0.4) is 0 Å². The highest BCUT2D eigenvalue weighted by Crippen LogP contribution is 2.42. The lowest BCUT2D eigenvalue weighted by Crippen LogP contribution is -2.35. The molecular weight excluding hydrogens is 254 g/mol. The van der Waals surface area contributed by atoms with Crippen LogP contribution >= 0.6 is 0 Å². The third-order valence-corrected chi connectivity index (χ3v) is 4.92. The molecule has 2 aliphatic carbocycles. The maximum absolute atomic E-state index is 6.02. The molecule has 0 radical (unpaired) electrons. The Morgan fingerprint density at radius 2 is 2.10 bits per heavy atom. The number of aromatic nitrogens is 2. The van der Waals surface area contributed by atoms with Crippen molar-refractivity contribution in [3.05, 3.63) is 11.7 Å². The summed E-state index contributed by atoms with van der Waals surface area (Å²) < 4.78 is 11.0. The molecule has 0 aliphatic heterocycles. The summed E-state index contributed by atoms with van der Waals surface area (Å²) in [5.41, 5.74) is 6.19. The van der Waals surface area contributed by atoms with E-state index in [4.69, 9.17) is 15.0 Å². The highest BCUT2D eigenvalue weighted by molar-refractivity contribution is 5.00. The van der Waals surface area contributed by atoms with E-state index in [-0.39, 0.29) is 11.5 Å². The van der Waals surface area contributed by atoms with Crippen molar-refractivity contribution < 1.29 is 9.26 Å². The molecule has 0 spiro atoms. The number of nitrogens with two attached hydrogens (primary N) is 1. The van der Waals surface area contributed by atoms with E-state index in [0.29, 0.717) is 18.3 Å². The standard InChI is InChI=1S/C15H25N3O2/c1-19-13(11-5-6-11)14-17-12(20-18-14)9-15(10-16)7-3-2-4-8-15/h11,13H,2-10,16H2,1H3. The second-order valence-electron chi connectivity index (χ2n) is 6.48. The van der Waals surface area contributed by atoms with Gasteiger partial charge in [0, 0.05) is 13.5 Å². The van der Waals surface area contributed by atoms with Crippen molar-refractivity contribution in [3.63, 3.8) is 0 Å². The minimum atomic E-state index is 0.00711. The lowest BCUT2D eigenvalue weighted by Gasteiger charge is -2.34. The lowest BCUT2D eigenvalue weighted by molar-refractivity contribution is 0.0751. The largest absolute Gasteiger partial charge is 0.373 e. The molecule has 3 rings (SSSR count). The molecule has 2 saturated carbocycles. The average Bonchev–Trinajstić information content (AvgIpc) is 3.21. The van der Waals surface area contributed by atoms with E-state index in [1.165, 1.54) is 44.9 Å². The van der Waals surface area contributed by atoms with Crippen LogP contribution in [0.2, 0.25) is 0 Å². The van der Waals surface area contributed by atoms with Gasteiger partial charge in [0.2, 0.25) is 11.7 Å². The molecule has 0 amide bonds. The normalized spacial score (nSPS) is 23.7. The van der Waals surface area contributed by atoms with Gasteiger partial charge in [-0.15, -0.1) is 0 Å². The van der Waals surface area contributed by atoms with Gasteiger partial charge >= 0.3 is 0 Å². The molecule has 1 aromatic rings. The first-order valence-corrected chi connectivity index (χ1v) is 7.82. The molecule has 1 aromatic heterocycles. The molecule has 0 saturated heterocycles. The van der Waals surface area contributed by atoms with Gasteiger partial charge in [-0.1, -0.05) is 24.4 Å². The summed E-state index contributed by atoms with van der Waals surface area (Å²) in [4.78, 5) is 4.57. The third-order valence-electron chi connectivity index (χ3n) is 4.92. The van der Waals surface area contributed by atoms with Crippen LogP contribution in [0.4, 0.5) is 0 Å². The SMILES string of the molecule is COC(c1noc(CC2(CN)CCCCC2)n1)C1CC1. The number of hydrogen-bond donors (Lipinski definition) is 1. The Hall–Kier alpha value is -0.940. The molecule has 0 aromatic carbocycles. The molecule has 5 heteroatoms. The highest BCUT2D eigenvalue weighted by atomic mass is 16.5. The van der Waals surface area contributed by atoms with E-state index in [0.717, 1.165) is 12.3 Å². The first kappa shape index (κ1) is 14.0. The van der Waals surface area contributed by atoms with Crippen LogP contribution in [0.1, 0.15) is 62.8 Å². The molecule has 2 fully saturated rings. The molecule has 2 aliphatic rings. The van der Waals surface area contributed by atoms with Crippen molar-refractivity contribution in [2.24, 2.45) is 17.1 Å². The third kappa shape index (κ3) is 2.88. The maximum atomic E-state index is 6.02. The van der Waals surface area contributed by atoms with Gasteiger partial charge in [-0.25, -0.2) is 0 Å². The lowest BCUT2D eigenvalue weighted by atomic mass is 9.72. The minimum Gasteiger partial charge on any atom is -0.373 e. The van der Waals surface area contributed by atoms with Crippen LogP contribution in [-0.2, 0) is 11.2 Å². The number of ether oxygens (including phenoxy) is 1. The predicted molar refractivity (Wildman–Crippen MR) is 75.0 cm³/mol. The molecule has 1 heterocycles. The molecule has 1 unspecified atom stereocenters. The molecule has 0 bridgehead atoms. The molecule has 2 N–H and O–H groups in total. The smallest absolute Gasteiger partial charge is 0.227 e. The Balaban J connectivity index is 1.69. The van der Waals surface area contributed by atoms with Crippen molar-refractivity contribution in [2.75, 3.05) is 13.7 Å². The number of hydrogen-bond acceptors (Lipinski definition) is 5. The fourth-order valence-electron chi connectivity index (χ4n) is 3.44. The van der Waals surface area contributed by atoms with E-state index in [2.05, 4.69) is 10.1 Å². The molecule has 112 valence electrons. The molecule has 20 heavy (non-hydrogen) atoms. The van der Waals surface area contributed by atoms with Crippen LogP contribution in [0.25, 0.3) is 0 Å². The zero-order chi connectivity index (χ0) is 14.0. The summed E-state index contributed by atoms with van der Waals surface area (Å²) in [6.07, 6.45) is 9.44. The van der Waals surface area contributed by atoms with Gasteiger partial charge in [0.1, 0.15) is 6.10 Å². The summed E-state index contributed by atoms with van der Waals surface area (Å²) in [6.45, 7) is 0.709. The highest BCUT2D eigenvalue weighted by Gasteiger charge is 2.37. The first-order valence-electron chi connectivity index (χ1n) is 7.82. The summed E-state index contributed by atoms with van der Waals surface area (Å²) in [5.74, 6) is 2.02. The van der Waals surface area contributed by atoms with Crippen molar-refractivity contribution in [1.82, 2.24) is 10.1 Å². The van der Waals surface area contributed by atoms with Crippen LogP contribution in [0, 0.1) is 11.3 Å². The summed E-state index contributed by atoms with van der Waals surface area (Å²) in [7, 11) is 1.72. The van der Waals surface area contributed by atoms with Crippen LogP contribution < -0.4 is 5.73 Å². The second kappa shape index (κ2) is 5.82. The Labute approximate surface area is 120 Å². The number of nitrogens with zero attached hydrogens (tertiary/aromatic N) is 2. The fraction of sp³-hybridized carbons (Fsp3) is 0.867. The number of methoxy groups -OCH3 is 1. The Bertz CT molecular complexity index is 436. The van der Waals surface area contributed by atoms with E-state index in [1.807, 2.05) is 0 Å². The van der Waals surface area contributed by atoms with E-state index in [9.17, 15) is 0 Å². The molecule has 1 atom stereocenters. The monoisotopic (exact) mass is 279 g/mol. The van der Waals surface area contributed by atoms with Gasteiger partial charge in [0.25, 0.3) is 0 Å². The average molecular weight is 279 g/mol. The van der Waals surface area contributed by atoms with E-state index >= 15 is 0 Å². The fourth-order valence-corrected chi connectivity index (χ4v) is 3.44. The van der Waals surface area contributed by atoms with Gasteiger partial charge < -0.3 is 15.0 Å². The first-order chi connectivity index (χ1) is 9.76. The van der Waals surface area contributed by atoms with Gasteiger partial charge in [0.05, 0.1) is 0 Å². The topological polar surface area (TPSA) is 74.2 Å². The van der Waals surface area contributed by atoms with E-state index < -0.39 is 0 Å². The summed E-state index contributed by atoms with van der Waals surface area (Å²) in [6, 6.07) is 0. The summed E-state index contributed by atoms with van der Waals surface area (Å²) >= 11 is 0. The van der Waals surface area contributed by atoms with Crippen LogP contribution in [0.15, 0.2) is 4.52 Å². The molecular formula is C15H25N3O2. The van der Waals surface area contributed by atoms with Crippen LogP contribution in [-0.4, -0.2) is 23.8 Å². The minimum absolute atomic E-state index is 0.00711. The maximum Gasteiger partial charge on any atom is 0.227 e. The van der Waals surface area contributed by atoms with Gasteiger partial charge in [-0.2, -0.15) is 4.98 Å². The Kier molecular flexibility index (Phi) is 4.08. The summed E-state index contributed by atoms with van der Waals surface area (Å²) in [5, 5.41) is 4.13. The van der Waals surface area contributed by atoms with E-state index in [1.54, 1.807) is 7.11 Å². The van der Waals surface area contributed by atoms with Crippen molar-refractivity contribution >= 4 is 0 Å². The van der Waals surface area contributed by atoms with Crippen molar-refractivity contribution in [2.45, 2.75) is 57.5 Å². The number of rotatable bonds is 6. The van der Waals surface area contributed by atoms with Crippen molar-refractivity contribution in [3.8, 4) is 0 Å². The zero-order valence-electron chi connectivity index (χ0n) is 12.3. The Morgan fingerprint density at radius 3 is 2.70 bits per heavy atom. The van der Waals surface area contributed by atoms with Gasteiger partial charge in [-0.05, 0) is 43.6 Å². The van der Waals surface area contributed by atoms with Gasteiger partial charge in [-0.3, -0.25) is 0 Å². The second-order valence-corrected chi connectivity index (χ2v) is 6.48. The predicted octanol–water partition coefficient (Wildman–Crippen LogP) is 2.62. The molecule has 5 nitrogen and oxygen atoms in total. The zero-order valence-corrected chi connectivity index (χ0v) is 12.3. The Morgan fingerprint density at radius 1 is 1.35 bits per heavy atom. The van der Waals surface area contributed by atoms with Crippen molar-refractivity contribution in [1.29, 1.82) is 0 Å². The quantitative estimate of drug-likeness (QED) is 0.866.